The summed E-state index contributed by atoms with van der Waals surface area (Å²) in [6, 6.07) is 18.6. The second-order valence-electron chi connectivity index (χ2n) is 7.90. The van der Waals surface area contributed by atoms with Gasteiger partial charge in [0.1, 0.15) is 28.3 Å². The first kappa shape index (κ1) is 31.9. The summed E-state index contributed by atoms with van der Waals surface area (Å²) >= 11 is 11.6. The van der Waals surface area contributed by atoms with Gasteiger partial charge in [-0.25, -0.2) is 20.3 Å². The molecule has 0 aliphatic carbocycles. The second kappa shape index (κ2) is 16.0. The molecule has 0 spiro atoms. The van der Waals surface area contributed by atoms with Gasteiger partial charge in [-0.05, 0) is 55.2 Å². The summed E-state index contributed by atoms with van der Waals surface area (Å²) in [7, 11) is 0. The molecule has 5 aromatic heterocycles. The lowest BCUT2D eigenvalue weighted by Crippen LogP contribution is -3.00. The first-order valence-corrected chi connectivity index (χ1v) is 12.2. The van der Waals surface area contributed by atoms with Gasteiger partial charge in [-0.3, -0.25) is 0 Å². The quantitative estimate of drug-likeness (QED) is 0.0844. The maximum Gasteiger partial charge on any atom is 0.199 e. The summed E-state index contributed by atoms with van der Waals surface area (Å²) in [6.45, 7) is 3.60. The average molecular weight is 677 g/mol. The van der Waals surface area contributed by atoms with Crippen molar-refractivity contribution in [1.82, 2.24) is 19.6 Å². The maximum absolute atomic E-state index is 9.61. The fourth-order valence-corrected chi connectivity index (χ4v) is 3.60. The third kappa shape index (κ3) is 9.16. The SMILES string of the molecule is Cc1ccc(Cl)nc1-c1nn2ccccc2c1CO.Cc1ccc(Cl)nc1C#CCO.N[n+]1ccccc1.[I-]. The van der Waals surface area contributed by atoms with Gasteiger partial charge in [-0.1, -0.05) is 58.1 Å². The highest BCUT2D eigenvalue weighted by molar-refractivity contribution is 6.29. The minimum atomic E-state index is -0.159. The van der Waals surface area contributed by atoms with Gasteiger partial charge in [0.25, 0.3) is 0 Å². The number of rotatable bonds is 2. The van der Waals surface area contributed by atoms with Crippen LogP contribution in [0.3, 0.4) is 0 Å². The standard InChI is InChI=1S/C14H12ClN3O.C9H8ClNO.C5H7N2.HI/c1-9-5-6-12(15)16-13(9)14-10(8-19)11-4-2-3-7-18(11)17-14;1-7-4-5-9(10)11-8(7)3-2-6-12;6-7-4-2-1-3-5-7;/h2-7,19H,8H2,1H3;4-5,12H,6H2,1H3;1-5H,6H2;1H/q;;+1;/p-1. The monoisotopic (exact) mass is 676 g/mol. The summed E-state index contributed by atoms with van der Waals surface area (Å²) in [4.78, 5) is 8.32. The predicted molar refractivity (Wildman–Crippen MR) is 149 cm³/mol. The molecule has 5 aromatic rings. The predicted octanol–water partition coefficient (Wildman–Crippen LogP) is 0.930. The highest BCUT2D eigenvalue weighted by Gasteiger charge is 2.16. The number of fused-ring (bicyclic) bond motifs is 1. The van der Waals surface area contributed by atoms with Gasteiger partial charge in [0.05, 0.1) is 17.8 Å². The molecule has 39 heavy (non-hydrogen) atoms. The van der Waals surface area contributed by atoms with Crippen LogP contribution in [0.4, 0.5) is 0 Å². The molecule has 0 radical (unpaired) electrons. The van der Waals surface area contributed by atoms with Crippen LogP contribution in [-0.2, 0) is 6.61 Å². The van der Waals surface area contributed by atoms with Gasteiger partial charge in [0.15, 0.2) is 12.4 Å². The van der Waals surface area contributed by atoms with Crippen LogP contribution in [-0.4, -0.2) is 36.4 Å². The van der Waals surface area contributed by atoms with Crippen molar-refractivity contribution in [2.24, 2.45) is 0 Å². The molecule has 0 amide bonds. The van der Waals surface area contributed by atoms with Crippen LogP contribution in [0.2, 0.25) is 10.3 Å². The molecule has 5 rings (SSSR count). The molecule has 0 saturated heterocycles. The maximum atomic E-state index is 9.61. The Hall–Kier alpha value is -3.27. The number of pyridine rings is 4. The van der Waals surface area contributed by atoms with E-state index in [4.69, 9.17) is 34.2 Å². The van der Waals surface area contributed by atoms with Crippen LogP contribution in [0, 0.1) is 25.7 Å². The van der Waals surface area contributed by atoms with Crippen molar-refractivity contribution < 1.29 is 38.9 Å². The zero-order chi connectivity index (χ0) is 27.5. The third-order valence-corrected chi connectivity index (χ3v) is 5.60. The largest absolute Gasteiger partial charge is 1.00 e. The van der Waals surface area contributed by atoms with E-state index in [1.165, 1.54) is 4.68 Å². The lowest BCUT2D eigenvalue weighted by atomic mass is 10.1. The molecule has 0 saturated carbocycles. The van der Waals surface area contributed by atoms with Gasteiger partial charge in [-0.2, -0.15) is 5.10 Å². The molecule has 5 heterocycles. The highest BCUT2D eigenvalue weighted by Crippen LogP contribution is 2.28. The van der Waals surface area contributed by atoms with E-state index in [-0.39, 0.29) is 37.2 Å². The first-order valence-electron chi connectivity index (χ1n) is 11.5. The van der Waals surface area contributed by atoms with E-state index in [1.807, 2.05) is 68.6 Å². The Balaban J connectivity index is 0.000000228. The molecular formula is C28H27Cl2IN6O2. The summed E-state index contributed by atoms with van der Waals surface area (Å²) in [5.74, 6) is 10.5. The van der Waals surface area contributed by atoms with Gasteiger partial charge in [-0.15, -0.1) is 0 Å². The molecule has 0 aliphatic heterocycles. The Morgan fingerprint density at radius 3 is 2.15 bits per heavy atom. The van der Waals surface area contributed by atoms with E-state index < -0.39 is 0 Å². The minimum absolute atomic E-state index is 0. The van der Waals surface area contributed by atoms with Gasteiger partial charge < -0.3 is 34.2 Å². The Morgan fingerprint density at radius 2 is 1.54 bits per heavy atom. The average Bonchev–Trinajstić information content (AvgIpc) is 3.30. The number of nitrogen functional groups attached to an aromatic ring is 1. The van der Waals surface area contributed by atoms with Crippen LogP contribution in [0.1, 0.15) is 22.4 Å². The van der Waals surface area contributed by atoms with Crippen molar-refractivity contribution in [1.29, 1.82) is 0 Å². The van der Waals surface area contributed by atoms with E-state index in [9.17, 15) is 5.11 Å². The molecule has 8 nitrogen and oxygen atoms in total. The molecule has 0 aromatic carbocycles. The number of halogens is 3. The van der Waals surface area contributed by atoms with Crippen LogP contribution in [0.5, 0.6) is 0 Å². The normalized spacial score (nSPS) is 9.69. The molecule has 0 atom stereocenters. The van der Waals surface area contributed by atoms with Crippen molar-refractivity contribution in [3.8, 4) is 23.2 Å². The Kier molecular flexibility index (Phi) is 13.1. The minimum Gasteiger partial charge on any atom is -1.00 e. The van der Waals surface area contributed by atoms with E-state index >= 15 is 0 Å². The summed E-state index contributed by atoms with van der Waals surface area (Å²) in [6.07, 6.45) is 5.40. The first-order chi connectivity index (χ1) is 18.3. The number of aliphatic hydroxyl groups excluding tert-OH is 2. The smallest absolute Gasteiger partial charge is 0.199 e. The third-order valence-electron chi connectivity index (χ3n) is 5.17. The molecule has 4 N–H and O–H groups in total. The number of aryl methyl sites for hydroxylation is 2. The van der Waals surface area contributed by atoms with E-state index in [0.717, 1.165) is 22.2 Å². The molecule has 0 unspecified atom stereocenters. The highest BCUT2D eigenvalue weighted by atomic mass is 127. The molecular weight excluding hydrogens is 650 g/mol. The summed E-state index contributed by atoms with van der Waals surface area (Å²) in [5.41, 5.74) is 5.58. The van der Waals surface area contributed by atoms with Crippen LogP contribution < -0.4 is 34.5 Å². The number of hydrogen-bond donors (Lipinski definition) is 3. The number of aliphatic hydroxyl groups is 2. The fraction of sp³-hybridized carbons (Fsp3) is 0.143. The van der Waals surface area contributed by atoms with Crippen molar-refractivity contribution in [2.45, 2.75) is 20.5 Å². The van der Waals surface area contributed by atoms with E-state index in [2.05, 4.69) is 26.9 Å². The van der Waals surface area contributed by atoms with Crippen LogP contribution in [0.15, 0.2) is 79.3 Å². The van der Waals surface area contributed by atoms with Gasteiger partial charge in [0, 0.05) is 23.9 Å². The number of aromatic nitrogens is 5. The number of hydrogen-bond acceptors (Lipinski definition) is 6. The number of nitrogens with two attached hydrogens (primary N) is 1. The Bertz CT molecular complexity index is 1570. The molecule has 0 bridgehead atoms. The van der Waals surface area contributed by atoms with Crippen molar-refractivity contribution in [3.05, 3.63) is 112 Å². The molecule has 202 valence electrons. The zero-order valence-corrected chi connectivity index (χ0v) is 24.9. The summed E-state index contributed by atoms with van der Waals surface area (Å²) in [5, 5.41) is 23.4. The Morgan fingerprint density at radius 1 is 0.872 bits per heavy atom. The number of nitrogens with zero attached hydrogens (tertiary/aromatic N) is 5. The van der Waals surface area contributed by atoms with Crippen LogP contribution >= 0.6 is 23.2 Å². The summed E-state index contributed by atoms with van der Waals surface area (Å²) < 4.78 is 3.24. The zero-order valence-electron chi connectivity index (χ0n) is 21.3. The van der Waals surface area contributed by atoms with Gasteiger partial charge in [0.2, 0.25) is 0 Å². The second-order valence-corrected chi connectivity index (χ2v) is 8.67. The van der Waals surface area contributed by atoms with E-state index in [1.54, 1.807) is 29.0 Å². The molecule has 11 heteroatoms. The fourth-order valence-electron chi connectivity index (χ4n) is 3.31. The van der Waals surface area contributed by atoms with Gasteiger partial charge >= 0.3 is 0 Å². The Labute approximate surface area is 254 Å². The lowest BCUT2D eigenvalue weighted by molar-refractivity contribution is -0.638. The van der Waals surface area contributed by atoms with Crippen molar-refractivity contribution in [2.75, 3.05) is 12.4 Å². The van der Waals surface area contributed by atoms with Crippen molar-refractivity contribution in [3.63, 3.8) is 0 Å². The van der Waals surface area contributed by atoms with E-state index in [0.29, 0.717) is 27.4 Å². The van der Waals surface area contributed by atoms with Crippen LogP contribution in [0.25, 0.3) is 16.9 Å². The lowest BCUT2D eigenvalue weighted by Gasteiger charge is -2.03. The molecule has 0 fully saturated rings. The van der Waals surface area contributed by atoms with Crippen molar-refractivity contribution >= 4 is 28.7 Å². The topological polar surface area (TPSA) is 113 Å². The molecule has 0 aliphatic rings.